The van der Waals surface area contributed by atoms with Gasteiger partial charge in [-0.3, -0.25) is 0 Å². The maximum atomic E-state index is 12.4. The lowest BCUT2D eigenvalue weighted by Gasteiger charge is -2.26. The molecule has 0 aliphatic carbocycles. The van der Waals surface area contributed by atoms with Crippen molar-refractivity contribution >= 4 is 10.0 Å². The van der Waals surface area contributed by atoms with Gasteiger partial charge in [-0.1, -0.05) is 12.1 Å². The second-order valence-corrected chi connectivity index (χ2v) is 6.35. The number of morpholine rings is 1. The van der Waals surface area contributed by atoms with Crippen LogP contribution in [-0.4, -0.2) is 45.6 Å². The molecule has 6 heteroatoms. The molecule has 2 aliphatic rings. The minimum Gasteiger partial charge on any atom is -0.379 e. The summed E-state index contributed by atoms with van der Waals surface area (Å²) in [5, 5.41) is 0. The molecular weight excluding hydrogens is 254 g/mol. The lowest BCUT2D eigenvalue weighted by Crippen LogP contribution is -2.40. The van der Waals surface area contributed by atoms with Crippen molar-refractivity contribution in [3.8, 4) is 0 Å². The lowest BCUT2D eigenvalue weighted by atomic mass is 10.2. The summed E-state index contributed by atoms with van der Waals surface area (Å²) in [6, 6.07) is 7.01. The van der Waals surface area contributed by atoms with Crippen LogP contribution in [0.2, 0.25) is 0 Å². The van der Waals surface area contributed by atoms with Crippen molar-refractivity contribution in [2.75, 3.05) is 32.9 Å². The van der Waals surface area contributed by atoms with Crippen molar-refractivity contribution in [1.29, 1.82) is 0 Å². The van der Waals surface area contributed by atoms with Gasteiger partial charge in [0.05, 0.1) is 24.7 Å². The highest BCUT2D eigenvalue weighted by atomic mass is 32.2. The highest BCUT2D eigenvalue weighted by Gasteiger charge is 2.29. The number of hydrogen-bond acceptors (Lipinski definition) is 4. The van der Waals surface area contributed by atoms with E-state index in [1.54, 1.807) is 18.2 Å². The van der Waals surface area contributed by atoms with Gasteiger partial charge in [-0.05, 0) is 17.7 Å². The molecule has 98 valence electrons. The molecule has 5 nitrogen and oxygen atoms in total. The van der Waals surface area contributed by atoms with Gasteiger partial charge >= 0.3 is 0 Å². The molecule has 1 aromatic carbocycles. The second kappa shape index (κ2) is 4.62. The normalized spacial score (nSPS) is 25.0. The summed E-state index contributed by atoms with van der Waals surface area (Å²) < 4.78 is 36.7. The van der Waals surface area contributed by atoms with Crippen LogP contribution in [-0.2, 0) is 19.5 Å². The number of epoxide rings is 1. The summed E-state index contributed by atoms with van der Waals surface area (Å²) in [5.74, 6) is 0. The predicted molar refractivity (Wildman–Crippen MR) is 64.7 cm³/mol. The van der Waals surface area contributed by atoms with E-state index in [1.807, 2.05) is 6.07 Å². The van der Waals surface area contributed by atoms with Crippen LogP contribution in [0.5, 0.6) is 0 Å². The highest BCUT2D eigenvalue weighted by molar-refractivity contribution is 7.89. The second-order valence-electron chi connectivity index (χ2n) is 4.41. The smallest absolute Gasteiger partial charge is 0.243 e. The van der Waals surface area contributed by atoms with Gasteiger partial charge in [-0.2, -0.15) is 4.31 Å². The Balaban J connectivity index is 1.89. The molecule has 18 heavy (non-hydrogen) atoms. The lowest BCUT2D eigenvalue weighted by molar-refractivity contribution is 0.0730. The largest absolute Gasteiger partial charge is 0.379 e. The van der Waals surface area contributed by atoms with E-state index in [4.69, 9.17) is 9.47 Å². The Morgan fingerprint density at radius 1 is 1.22 bits per heavy atom. The maximum absolute atomic E-state index is 12.4. The Kier molecular flexibility index (Phi) is 3.11. The number of ether oxygens (including phenoxy) is 2. The monoisotopic (exact) mass is 269 g/mol. The van der Waals surface area contributed by atoms with Crippen LogP contribution in [0.15, 0.2) is 29.2 Å². The highest BCUT2D eigenvalue weighted by Crippen LogP contribution is 2.31. The third-order valence-corrected chi connectivity index (χ3v) is 5.07. The summed E-state index contributed by atoms with van der Waals surface area (Å²) >= 11 is 0. The third-order valence-electron chi connectivity index (χ3n) is 3.17. The van der Waals surface area contributed by atoms with E-state index in [0.29, 0.717) is 37.8 Å². The molecule has 3 rings (SSSR count). The zero-order chi connectivity index (χ0) is 12.6. The molecule has 2 fully saturated rings. The summed E-state index contributed by atoms with van der Waals surface area (Å²) in [4.78, 5) is 0.345. The number of sulfonamides is 1. The quantitative estimate of drug-likeness (QED) is 0.761. The number of hydrogen-bond donors (Lipinski definition) is 0. The van der Waals surface area contributed by atoms with Crippen LogP contribution < -0.4 is 0 Å². The van der Waals surface area contributed by atoms with E-state index in [1.165, 1.54) is 4.31 Å². The molecule has 2 aliphatic heterocycles. The fourth-order valence-electron chi connectivity index (χ4n) is 2.05. The predicted octanol–water partition coefficient (Wildman–Crippen LogP) is 0.779. The topological polar surface area (TPSA) is 59.1 Å². The molecule has 1 atom stereocenters. The van der Waals surface area contributed by atoms with Crippen molar-refractivity contribution in [2.45, 2.75) is 11.0 Å². The fourth-order valence-corrected chi connectivity index (χ4v) is 3.52. The molecule has 1 aromatic rings. The first-order valence-corrected chi connectivity index (χ1v) is 7.41. The zero-order valence-corrected chi connectivity index (χ0v) is 10.7. The summed E-state index contributed by atoms with van der Waals surface area (Å²) in [7, 11) is -3.39. The molecule has 0 unspecified atom stereocenters. The van der Waals surface area contributed by atoms with Gasteiger partial charge in [0, 0.05) is 13.1 Å². The molecule has 2 heterocycles. The van der Waals surface area contributed by atoms with Crippen LogP contribution in [0.25, 0.3) is 0 Å². The van der Waals surface area contributed by atoms with Crippen LogP contribution in [0.1, 0.15) is 11.7 Å². The van der Waals surface area contributed by atoms with E-state index < -0.39 is 10.0 Å². The first-order valence-electron chi connectivity index (χ1n) is 5.97. The van der Waals surface area contributed by atoms with E-state index in [9.17, 15) is 8.42 Å². The Labute approximate surface area is 106 Å². The molecule has 0 N–H and O–H groups in total. The molecule has 0 saturated carbocycles. The number of nitrogens with zero attached hydrogens (tertiary/aromatic N) is 1. The van der Waals surface area contributed by atoms with Gasteiger partial charge in [-0.25, -0.2) is 8.42 Å². The van der Waals surface area contributed by atoms with Gasteiger partial charge in [-0.15, -0.1) is 0 Å². The van der Waals surface area contributed by atoms with Gasteiger partial charge in [0.15, 0.2) is 0 Å². The van der Waals surface area contributed by atoms with Gasteiger partial charge in [0.25, 0.3) is 0 Å². The molecule has 2 saturated heterocycles. The SMILES string of the molecule is O=S(=O)(c1cccc([C@H]2CO2)c1)N1CCOCC1. The molecule has 0 radical (unpaired) electrons. The minimum atomic E-state index is -3.39. The van der Waals surface area contributed by atoms with E-state index in [2.05, 4.69) is 0 Å². The molecule has 0 spiro atoms. The van der Waals surface area contributed by atoms with Crippen molar-refractivity contribution in [3.05, 3.63) is 29.8 Å². The van der Waals surface area contributed by atoms with Crippen LogP contribution in [0, 0.1) is 0 Å². The zero-order valence-electron chi connectivity index (χ0n) is 9.91. The Morgan fingerprint density at radius 2 is 1.94 bits per heavy atom. The van der Waals surface area contributed by atoms with Crippen molar-refractivity contribution in [3.63, 3.8) is 0 Å². The van der Waals surface area contributed by atoms with Gasteiger partial charge < -0.3 is 9.47 Å². The van der Waals surface area contributed by atoms with Gasteiger partial charge in [0.1, 0.15) is 6.10 Å². The molecule has 0 aromatic heterocycles. The molecule has 0 bridgehead atoms. The van der Waals surface area contributed by atoms with Crippen molar-refractivity contribution in [1.82, 2.24) is 4.31 Å². The Hall–Kier alpha value is -0.950. The summed E-state index contributed by atoms with van der Waals surface area (Å²) in [6.45, 7) is 2.45. The first kappa shape index (κ1) is 12.1. The average Bonchev–Trinajstić information content (AvgIpc) is 3.24. The minimum absolute atomic E-state index is 0.0739. The van der Waals surface area contributed by atoms with Crippen LogP contribution in [0.3, 0.4) is 0 Å². The average molecular weight is 269 g/mol. The van der Waals surface area contributed by atoms with E-state index in [-0.39, 0.29) is 6.10 Å². The van der Waals surface area contributed by atoms with Crippen molar-refractivity contribution < 1.29 is 17.9 Å². The Bertz CT molecular complexity index is 533. The molecular formula is C12H15NO4S. The third kappa shape index (κ3) is 2.29. The van der Waals surface area contributed by atoms with Crippen LogP contribution in [0.4, 0.5) is 0 Å². The van der Waals surface area contributed by atoms with Gasteiger partial charge in [0.2, 0.25) is 10.0 Å². The summed E-state index contributed by atoms with van der Waals surface area (Å²) in [5.41, 5.74) is 0.935. The number of rotatable bonds is 3. The maximum Gasteiger partial charge on any atom is 0.243 e. The standard InChI is InChI=1S/C12H15NO4S/c14-18(15,13-4-6-16-7-5-13)11-3-1-2-10(8-11)12-9-17-12/h1-3,8,12H,4-7,9H2/t12-/m1/s1. The first-order chi connectivity index (χ1) is 8.68. The summed E-state index contributed by atoms with van der Waals surface area (Å²) in [6.07, 6.45) is 0.0739. The molecule has 0 amide bonds. The van der Waals surface area contributed by atoms with E-state index in [0.717, 1.165) is 5.56 Å². The van der Waals surface area contributed by atoms with Crippen molar-refractivity contribution in [2.24, 2.45) is 0 Å². The Morgan fingerprint density at radius 3 is 2.61 bits per heavy atom. The fraction of sp³-hybridized carbons (Fsp3) is 0.500. The van der Waals surface area contributed by atoms with Crippen LogP contribution >= 0.6 is 0 Å². The number of benzene rings is 1. The van der Waals surface area contributed by atoms with E-state index >= 15 is 0 Å².